The average molecular weight is 246 g/mol. The van der Waals surface area contributed by atoms with Crippen LogP contribution in [0.25, 0.3) is 0 Å². The van der Waals surface area contributed by atoms with Crippen molar-refractivity contribution in [1.29, 1.82) is 0 Å². The van der Waals surface area contributed by atoms with Crippen LogP contribution in [0.1, 0.15) is 64.4 Å². The van der Waals surface area contributed by atoms with Gasteiger partial charge >= 0.3 is 0 Å². The van der Waals surface area contributed by atoms with E-state index in [4.69, 9.17) is 0 Å². The molecule has 0 unspecified atom stereocenters. The van der Waals surface area contributed by atoms with Crippen molar-refractivity contribution in [3.05, 3.63) is 29.8 Å². The molecule has 1 saturated carbocycles. The number of benzene rings is 1. The van der Waals surface area contributed by atoms with Crippen molar-refractivity contribution in [2.45, 2.75) is 64.2 Å². The first-order valence-electron chi connectivity index (χ1n) is 7.37. The number of rotatable bonds is 3. The summed E-state index contributed by atoms with van der Waals surface area (Å²) in [6.07, 6.45) is 9.76. The molecule has 1 aliphatic carbocycles. The van der Waals surface area contributed by atoms with Crippen LogP contribution < -0.4 is 0 Å². The van der Waals surface area contributed by atoms with Gasteiger partial charge in [0.2, 0.25) is 0 Å². The molecule has 1 N–H and O–H groups in total. The van der Waals surface area contributed by atoms with Crippen LogP contribution in [0.4, 0.5) is 0 Å². The number of phenols is 1. The Morgan fingerprint density at radius 2 is 1.56 bits per heavy atom. The first-order valence-corrected chi connectivity index (χ1v) is 7.37. The first kappa shape index (κ1) is 13.5. The fourth-order valence-corrected chi connectivity index (χ4v) is 3.32. The van der Waals surface area contributed by atoms with Crippen LogP contribution in [0.5, 0.6) is 5.75 Å². The molecular formula is C17H26O. The molecule has 1 aromatic rings. The zero-order chi connectivity index (χ0) is 13.0. The topological polar surface area (TPSA) is 20.2 Å². The Balaban J connectivity index is 2.03. The molecule has 0 radical (unpaired) electrons. The maximum atomic E-state index is 9.38. The molecule has 0 aliphatic heterocycles. The quantitative estimate of drug-likeness (QED) is 0.742. The summed E-state index contributed by atoms with van der Waals surface area (Å²) in [5.74, 6) is 1.25. The summed E-state index contributed by atoms with van der Waals surface area (Å²) < 4.78 is 0. The van der Waals surface area contributed by atoms with Gasteiger partial charge in [-0.25, -0.2) is 0 Å². The summed E-state index contributed by atoms with van der Waals surface area (Å²) in [7, 11) is 0. The van der Waals surface area contributed by atoms with Gasteiger partial charge in [0.05, 0.1) is 0 Å². The van der Waals surface area contributed by atoms with Gasteiger partial charge in [0, 0.05) is 0 Å². The van der Waals surface area contributed by atoms with E-state index in [1.165, 1.54) is 50.5 Å². The predicted octanol–water partition coefficient (Wildman–Crippen LogP) is 5.03. The second-order valence-corrected chi connectivity index (χ2v) is 6.49. The van der Waals surface area contributed by atoms with Crippen molar-refractivity contribution >= 4 is 0 Å². The highest BCUT2D eigenvalue weighted by Gasteiger charge is 2.25. The Kier molecular flexibility index (Phi) is 4.31. The van der Waals surface area contributed by atoms with Crippen molar-refractivity contribution in [1.82, 2.24) is 0 Å². The van der Waals surface area contributed by atoms with Gasteiger partial charge in [0.15, 0.2) is 0 Å². The summed E-state index contributed by atoms with van der Waals surface area (Å²) in [6.45, 7) is 4.68. The smallest absolute Gasteiger partial charge is 0.115 e. The highest BCUT2D eigenvalue weighted by atomic mass is 16.3. The van der Waals surface area contributed by atoms with Crippen LogP contribution in [-0.2, 0) is 5.41 Å². The largest absolute Gasteiger partial charge is 0.508 e. The number of aromatic hydroxyl groups is 1. The van der Waals surface area contributed by atoms with Crippen LogP contribution in [-0.4, -0.2) is 5.11 Å². The molecule has 0 heterocycles. The van der Waals surface area contributed by atoms with Crippen molar-refractivity contribution in [2.75, 3.05) is 0 Å². The van der Waals surface area contributed by atoms with Crippen LogP contribution in [0.3, 0.4) is 0 Å². The van der Waals surface area contributed by atoms with Crippen molar-refractivity contribution in [3.63, 3.8) is 0 Å². The van der Waals surface area contributed by atoms with Gasteiger partial charge in [-0.1, -0.05) is 64.5 Å². The molecule has 0 bridgehead atoms. The Labute approximate surface area is 111 Å². The molecule has 2 rings (SSSR count). The molecule has 0 aromatic heterocycles. The van der Waals surface area contributed by atoms with E-state index in [9.17, 15) is 5.11 Å². The molecule has 1 heteroatoms. The third kappa shape index (κ3) is 3.51. The monoisotopic (exact) mass is 246 g/mol. The van der Waals surface area contributed by atoms with Gasteiger partial charge in [-0.3, -0.25) is 0 Å². The summed E-state index contributed by atoms with van der Waals surface area (Å²) >= 11 is 0. The molecule has 0 amide bonds. The molecule has 100 valence electrons. The zero-order valence-corrected chi connectivity index (χ0v) is 11.8. The van der Waals surface area contributed by atoms with Crippen molar-refractivity contribution in [3.8, 4) is 5.75 Å². The normalized spacial score (nSPS) is 18.6. The molecule has 0 atom stereocenters. The Hall–Kier alpha value is -0.980. The maximum absolute atomic E-state index is 9.38. The van der Waals surface area contributed by atoms with Crippen molar-refractivity contribution in [2.24, 2.45) is 5.92 Å². The third-order valence-corrected chi connectivity index (χ3v) is 4.42. The number of hydrogen-bond acceptors (Lipinski definition) is 1. The molecule has 1 nitrogen and oxygen atoms in total. The molecule has 1 aliphatic rings. The minimum absolute atomic E-state index is 0.225. The Bertz CT molecular complexity index is 356. The summed E-state index contributed by atoms with van der Waals surface area (Å²) in [5, 5.41) is 9.38. The molecule has 1 fully saturated rings. The van der Waals surface area contributed by atoms with Crippen LogP contribution in [0, 0.1) is 5.92 Å². The van der Waals surface area contributed by atoms with E-state index >= 15 is 0 Å². The highest BCUT2D eigenvalue weighted by Crippen LogP contribution is 2.36. The van der Waals surface area contributed by atoms with E-state index in [2.05, 4.69) is 26.0 Å². The summed E-state index contributed by atoms with van der Waals surface area (Å²) in [6, 6.07) is 7.77. The fourth-order valence-electron chi connectivity index (χ4n) is 3.32. The lowest BCUT2D eigenvalue weighted by atomic mass is 9.75. The Morgan fingerprint density at radius 1 is 1.00 bits per heavy atom. The third-order valence-electron chi connectivity index (χ3n) is 4.42. The van der Waals surface area contributed by atoms with E-state index in [1.807, 2.05) is 12.1 Å². The predicted molar refractivity (Wildman–Crippen MR) is 76.9 cm³/mol. The van der Waals surface area contributed by atoms with E-state index in [1.54, 1.807) is 0 Å². The van der Waals surface area contributed by atoms with Crippen molar-refractivity contribution < 1.29 is 5.11 Å². The van der Waals surface area contributed by atoms with Gasteiger partial charge in [0.1, 0.15) is 5.75 Å². The maximum Gasteiger partial charge on any atom is 0.115 e. The molecule has 0 saturated heterocycles. The highest BCUT2D eigenvalue weighted by molar-refractivity contribution is 5.30. The first-order chi connectivity index (χ1) is 8.58. The summed E-state index contributed by atoms with van der Waals surface area (Å²) in [5.41, 5.74) is 1.58. The second kappa shape index (κ2) is 5.77. The van der Waals surface area contributed by atoms with Crippen LogP contribution in [0.15, 0.2) is 24.3 Å². The lowest BCUT2D eigenvalue weighted by Crippen LogP contribution is -2.21. The lowest BCUT2D eigenvalue weighted by Gasteiger charge is -2.30. The molecule has 0 spiro atoms. The van der Waals surface area contributed by atoms with Gasteiger partial charge < -0.3 is 5.11 Å². The average Bonchev–Trinajstić information content (AvgIpc) is 2.57. The standard InChI is InChI=1S/C17H26O/c1-17(2,15-9-11-16(18)12-10-15)13-14-7-5-3-4-6-8-14/h9-12,14,18H,3-8,13H2,1-2H3. The van der Waals surface area contributed by atoms with Gasteiger partial charge in [-0.05, 0) is 35.4 Å². The SMILES string of the molecule is CC(C)(CC1CCCCCC1)c1ccc(O)cc1. The number of hydrogen-bond donors (Lipinski definition) is 1. The van der Waals surface area contributed by atoms with E-state index in [0.29, 0.717) is 5.75 Å². The Morgan fingerprint density at radius 3 is 2.11 bits per heavy atom. The van der Waals surface area contributed by atoms with Gasteiger partial charge in [-0.15, -0.1) is 0 Å². The van der Waals surface area contributed by atoms with Crippen LogP contribution >= 0.6 is 0 Å². The molecule has 1 aromatic carbocycles. The van der Waals surface area contributed by atoms with Gasteiger partial charge in [-0.2, -0.15) is 0 Å². The molecule has 18 heavy (non-hydrogen) atoms. The summed E-state index contributed by atoms with van der Waals surface area (Å²) in [4.78, 5) is 0. The van der Waals surface area contributed by atoms with Crippen LogP contribution in [0.2, 0.25) is 0 Å². The van der Waals surface area contributed by atoms with E-state index in [-0.39, 0.29) is 5.41 Å². The van der Waals surface area contributed by atoms with E-state index < -0.39 is 0 Å². The minimum Gasteiger partial charge on any atom is -0.508 e. The fraction of sp³-hybridized carbons (Fsp3) is 0.647. The van der Waals surface area contributed by atoms with Gasteiger partial charge in [0.25, 0.3) is 0 Å². The molecular weight excluding hydrogens is 220 g/mol. The lowest BCUT2D eigenvalue weighted by molar-refractivity contribution is 0.329. The second-order valence-electron chi connectivity index (χ2n) is 6.49. The number of phenolic OH excluding ortho intramolecular Hbond substituents is 1. The minimum atomic E-state index is 0.225. The van der Waals surface area contributed by atoms with E-state index in [0.717, 1.165) is 5.92 Å². The zero-order valence-electron chi connectivity index (χ0n) is 11.8.